The molecule has 0 atom stereocenters. The molecule has 2 rings (SSSR count). The first-order valence-corrected chi connectivity index (χ1v) is 7.06. The summed E-state index contributed by atoms with van der Waals surface area (Å²) in [6.07, 6.45) is 5.11. The summed E-state index contributed by atoms with van der Waals surface area (Å²) in [5, 5.41) is 3.90. The van der Waals surface area contributed by atoms with E-state index in [4.69, 9.17) is 29.6 Å². The molecule has 1 saturated heterocycles. The summed E-state index contributed by atoms with van der Waals surface area (Å²) in [5.74, 6) is 0. The quantitative estimate of drug-likeness (QED) is 0.817. The number of hydrogen-bond donors (Lipinski definition) is 2. The lowest BCUT2D eigenvalue weighted by Crippen LogP contribution is -2.24. The zero-order valence-corrected chi connectivity index (χ0v) is 11.9. The molecule has 1 heterocycles. The number of hydrogen-bond acceptors (Lipinski definition) is 2. The van der Waals surface area contributed by atoms with Crippen molar-refractivity contribution in [3.63, 3.8) is 0 Å². The fourth-order valence-corrected chi connectivity index (χ4v) is 2.71. The van der Waals surface area contributed by atoms with Crippen LogP contribution in [0, 0.1) is 0 Å². The molecule has 0 spiro atoms. The molecule has 0 amide bonds. The van der Waals surface area contributed by atoms with Crippen molar-refractivity contribution < 1.29 is 0 Å². The molecule has 0 radical (unpaired) electrons. The zero-order chi connectivity index (χ0) is 13.0. The summed E-state index contributed by atoms with van der Waals surface area (Å²) in [6, 6.07) is 5.88. The smallest absolute Gasteiger partial charge is 0.168 e. The van der Waals surface area contributed by atoms with Gasteiger partial charge in [0.15, 0.2) is 5.11 Å². The van der Waals surface area contributed by atoms with Crippen LogP contribution in [-0.2, 0) is 0 Å². The summed E-state index contributed by atoms with van der Waals surface area (Å²) in [7, 11) is 0. The Hall–Kier alpha value is -1.00. The zero-order valence-electron chi connectivity index (χ0n) is 10.3. The number of halogens is 1. The van der Waals surface area contributed by atoms with Crippen LogP contribution in [0.25, 0.3) is 0 Å². The Morgan fingerprint density at radius 3 is 2.44 bits per heavy atom. The molecule has 98 valence electrons. The molecule has 3 nitrogen and oxygen atoms in total. The van der Waals surface area contributed by atoms with Crippen LogP contribution >= 0.6 is 23.8 Å². The standard InChI is InChI=1S/C13H18ClN3S/c14-11-9-10(16-13(15)18)5-6-12(11)17-7-3-1-2-4-8-17/h5-6,9H,1-4,7-8H2,(H3,15,16,18). The number of thiocarbonyl (C=S) groups is 1. The minimum atomic E-state index is 0.258. The van der Waals surface area contributed by atoms with E-state index in [1.165, 1.54) is 25.7 Å². The second-order valence-electron chi connectivity index (χ2n) is 4.56. The Balaban J connectivity index is 2.15. The SMILES string of the molecule is NC(=S)Nc1ccc(N2CCCCCC2)c(Cl)c1. The first kappa shape index (κ1) is 13.4. The average Bonchev–Trinajstić information content (AvgIpc) is 2.57. The molecular formula is C13H18ClN3S. The molecule has 1 aromatic carbocycles. The van der Waals surface area contributed by atoms with Gasteiger partial charge < -0.3 is 16.0 Å². The van der Waals surface area contributed by atoms with Crippen LogP contribution in [0.3, 0.4) is 0 Å². The van der Waals surface area contributed by atoms with Crippen LogP contribution < -0.4 is 16.0 Å². The molecule has 3 N–H and O–H groups in total. The van der Waals surface area contributed by atoms with Crippen molar-refractivity contribution in [3.8, 4) is 0 Å². The van der Waals surface area contributed by atoms with E-state index in [0.29, 0.717) is 0 Å². The second-order valence-corrected chi connectivity index (χ2v) is 5.40. The molecule has 0 saturated carbocycles. The third-order valence-electron chi connectivity index (χ3n) is 3.16. The average molecular weight is 284 g/mol. The molecule has 18 heavy (non-hydrogen) atoms. The maximum Gasteiger partial charge on any atom is 0.168 e. The minimum absolute atomic E-state index is 0.258. The Kier molecular flexibility index (Phi) is 4.66. The molecule has 0 aliphatic carbocycles. The summed E-state index contributed by atoms with van der Waals surface area (Å²) in [6.45, 7) is 2.17. The monoisotopic (exact) mass is 283 g/mol. The van der Waals surface area contributed by atoms with Crippen LogP contribution in [0.1, 0.15) is 25.7 Å². The van der Waals surface area contributed by atoms with Crippen LogP contribution in [0.5, 0.6) is 0 Å². The van der Waals surface area contributed by atoms with Crippen molar-refractivity contribution >= 4 is 40.3 Å². The highest BCUT2D eigenvalue weighted by atomic mass is 35.5. The van der Waals surface area contributed by atoms with Gasteiger partial charge in [-0.3, -0.25) is 0 Å². The van der Waals surface area contributed by atoms with Crippen LogP contribution in [0.2, 0.25) is 5.02 Å². The van der Waals surface area contributed by atoms with Gasteiger partial charge >= 0.3 is 0 Å². The van der Waals surface area contributed by atoms with Crippen molar-refractivity contribution in [2.45, 2.75) is 25.7 Å². The highest BCUT2D eigenvalue weighted by molar-refractivity contribution is 7.80. The number of nitrogens with one attached hydrogen (secondary N) is 1. The molecule has 0 aromatic heterocycles. The largest absolute Gasteiger partial charge is 0.376 e. The highest BCUT2D eigenvalue weighted by Crippen LogP contribution is 2.30. The van der Waals surface area contributed by atoms with E-state index < -0.39 is 0 Å². The highest BCUT2D eigenvalue weighted by Gasteiger charge is 2.13. The second kappa shape index (κ2) is 6.25. The van der Waals surface area contributed by atoms with E-state index in [0.717, 1.165) is 29.5 Å². The van der Waals surface area contributed by atoms with Gasteiger partial charge in [-0.1, -0.05) is 24.4 Å². The van der Waals surface area contributed by atoms with E-state index in [9.17, 15) is 0 Å². The van der Waals surface area contributed by atoms with Gasteiger partial charge in [0.1, 0.15) is 0 Å². The van der Waals surface area contributed by atoms with Gasteiger partial charge in [-0.15, -0.1) is 0 Å². The van der Waals surface area contributed by atoms with E-state index in [1.807, 2.05) is 18.2 Å². The number of anilines is 2. The van der Waals surface area contributed by atoms with Crippen molar-refractivity contribution in [1.29, 1.82) is 0 Å². The van der Waals surface area contributed by atoms with Gasteiger partial charge in [0, 0.05) is 18.8 Å². The summed E-state index contributed by atoms with van der Waals surface area (Å²) in [4.78, 5) is 2.36. The van der Waals surface area contributed by atoms with Gasteiger partial charge in [0.25, 0.3) is 0 Å². The summed E-state index contributed by atoms with van der Waals surface area (Å²) < 4.78 is 0. The van der Waals surface area contributed by atoms with Crippen LogP contribution in [0.4, 0.5) is 11.4 Å². The first-order chi connectivity index (χ1) is 8.66. The maximum absolute atomic E-state index is 6.33. The van der Waals surface area contributed by atoms with Gasteiger partial charge in [0.2, 0.25) is 0 Å². The van der Waals surface area contributed by atoms with Crippen LogP contribution in [-0.4, -0.2) is 18.2 Å². The Labute approximate surface area is 118 Å². The lowest BCUT2D eigenvalue weighted by molar-refractivity contribution is 0.726. The molecule has 5 heteroatoms. The lowest BCUT2D eigenvalue weighted by Gasteiger charge is -2.24. The van der Waals surface area contributed by atoms with E-state index in [1.54, 1.807) is 0 Å². The predicted molar refractivity (Wildman–Crippen MR) is 82.5 cm³/mol. The van der Waals surface area contributed by atoms with Crippen molar-refractivity contribution in [1.82, 2.24) is 0 Å². The van der Waals surface area contributed by atoms with Gasteiger partial charge in [0.05, 0.1) is 10.7 Å². The van der Waals surface area contributed by atoms with Crippen molar-refractivity contribution in [2.75, 3.05) is 23.3 Å². The van der Waals surface area contributed by atoms with Crippen molar-refractivity contribution in [2.24, 2.45) is 5.73 Å². The fraction of sp³-hybridized carbons (Fsp3) is 0.462. The van der Waals surface area contributed by atoms with Gasteiger partial charge in [-0.05, 0) is 43.3 Å². The Bertz CT molecular complexity index is 428. The Morgan fingerprint density at radius 2 is 1.89 bits per heavy atom. The fourth-order valence-electron chi connectivity index (χ4n) is 2.29. The number of rotatable bonds is 2. The Morgan fingerprint density at radius 1 is 1.22 bits per heavy atom. The first-order valence-electron chi connectivity index (χ1n) is 6.28. The molecular weight excluding hydrogens is 266 g/mol. The van der Waals surface area contributed by atoms with E-state index in [2.05, 4.69) is 10.2 Å². The number of nitrogens with two attached hydrogens (primary N) is 1. The lowest BCUT2D eigenvalue weighted by atomic mass is 10.2. The molecule has 0 bridgehead atoms. The third kappa shape index (κ3) is 3.50. The summed E-state index contributed by atoms with van der Waals surface area (Å²) >= 11 is 11.1. The molecule has 1 aromatic rings. The molecule has 1 aliphatic rings. The molecule has 1 fully saturated rings. The third-order valence-corrected chi connectivity index (χ3v) is 3.57. The molecule has 0 unspecified atom stereocenters. The van der Waals surface area contributed by atoms with E-state index >= 15 is 0 Å². The van der Waals surface area contributed by atoms with Crippen molar-refractivity contribution in [3.05, 3.63) is 23.2 Å². The van der Waals surface area contributed by atoms with Gasteiger partial charge in [-0.25, -0.2) is 0 Å². The topological polar surface area (TPSA) is 41.3 Å². The summed E-state index contributed by atoms with van der Waals surface area (Å²) in [5.41, 5.74) is 7.39. The molecule has 1 aliphatic heterocycles. The van der Waals surface area contributed by atoms with Crippen LogP contribution in [0.15, 0.2) is 18.2 Å². The maximum atomic E-state index is 6.33. The number of nitrogens with zero attached hydrogens (tertiary/aromatic N) is 1. The normalized spacial score (nSPS) is 16.2. The van der Waals surface area contributed by atoms with E-state index in [-0.39, 0.29) is 5.11 Å². The predicted octanol–water partition coefficient (Wildman–Crippen LogP) is 3.38. The number of benzene rings is 1. The van der Waals surface area contributed by atoms with Gasteiger partial charge in [-0.2, -0.15) is 0 Å². The minimum Gasteiger partial charge on any atom is -0.376 e.